The highest BCUT2D eigenvalue weighted by molar-refractivity contribution is 5.67. The van der Waals surface area contributed by atoms with Gasteiger partial charge in [0.2, 0.25) is 0 Å². The highest BCUT2D eigenvalue weighted by Gasteiger charge is 2.38. The second-order valence-electron chi connectivity index (χ2n) is 5.56. The molecule has 0 spiro atoms. The molecule has 0 amide bonds. The summed E-state index contributed by atoms with van der Waals surface area (Å²) in [5.41, 5.74) is 0. The van der Waals surface area contributed by atoms with Crippen LogP contribution < -0.4 is 0 Å². The molecule has 3 atom stereocenters. The van der Waals surface area contributed by atoms with Crippen LogP contribution in [0, 0.1) is 5.92 Å². The molecule has 104 valence electrons. The Morgan fingerprint density at radius 3 is 2.95 bits per heavy atom. The van der Waals surface area contributed by atoms with Gasteiger partial charge < -0.3 is 9.84 Å². The predicted octanol–water partition coefficient (Wildman–Crippen LogP) is 0.991. The number of hydrogen-bond acceptors (Lipinski definition) is 5. The van der Waals surface area contributed by atoms with Crippen LogP contribution in [0.4, 0.5) is 0 Å². The minimum atomic E-state index is -0.797. The molecule has 0 bridgehead atoms. The van der Waals surface area contributed by atoms with Gasteiger partial charge in [0.15, 0.2) is 5.82 Å². The van der Waals surface area contributed by atoms with E-state index >= 15 is 0 Å². The minimum absolute atomic E-state index is 0.0891. The molecule has 0 aromatic carbocycles. The molecular weight excluding hydrogens is 248 g/mol. The van der Waals surface area contributed by atoms with Crippen LogP contribution in [0.25, 0.3) is 0 Å². The van der Waals surface area contributed by atoms with Crippen molar-refractivity contribution in [2.24, 2.45) is 5.92 Å². The van der Waals surface area contributed by atoms with Crippen molar-refractivity contribution in [3.05, 3.63) is 5.82 Å². The van der Waals surface area contributed by atoms with Gasteiger partial charge in [-0.05, 0) is 42.5 Å². The maximum absolute atomic E-state index is 11.0. The van der Waals surface area contributed by atoms with Crippen LogP contribution in [0.1, 0.15) is 50.4 Å². The molecule has 2 fully saturated rings. The van der Waals surface area contributed by atoms with E-state index < -0.39 is 5.97 Å². The Bertz CT molecular complexity index is 471. The monoisotopic (exact) mass is 266 g/mol. The molecule has 1 aliphatic heterocycles. The van der Waals surface area contributed by atoms with Crippen molar-refractivity contribution in [3.63, 3.8) is 0 Å². The van der Waals surface area contributed by atoms with Crippen LogP contribution in [0.2, 0.25) is 0 Å². The summed E-state index contributed by atoms with van der Waals surface area (Å²) >= 11 is 0. The number of aromatic nitrogens is 4. The van der Waals surface area contributed by atoms with Crippen LogP contribution >= 0.6 is 0 Å². The first-order valence-corrected chi connectivity index (χ1v) is 6.76. The highest BCUT2D eigenvalue weighted by atomic mass is 16.5. The van der Waals surface area contributed by atoms with Crippen molar-refractivity contribution in [2.75, 3.05) is 6.61 Å². The fourth-order valence-corrected chi connectivity index (χ4v) is 2.82. The van der Waals surface area contributed by atoms with E-state index in [9.17, 15) is 4.79 Å². The molecule has 1 aromatic rings. The topological polar surface area (TPSA) is 90.1 Å². The SMILES string of the molecule is CC1CC(c2nnnn2C(CC(=O)O)C2CC2)CO1. The predicted molar refractivity (Wildman–Crippen MR) is 64.6 cm³/mol. The average Bonchev–Trinajstić information content (AvgIpc) is 2.92. The Labute approximate surface area is 110 Å². The van der Waals surface area contributed by atoms with Crippen molar-refractivity contribution in [3.8, 4) is 0 Å². The first-order chi connectivity index (χ1) is 9.15. The fourth-order valence-electron chi connectivity index (χ4n) is 2.82. The molecule has 1 aliphatic carbocycles. The largest absolute Gasteiger partial charge is 0.481 e. The molecule has 2 aliphatic rings. The van der Waals surface area contributed by atoms with Gasteiger partial charge in [0, 0.05) is 5.92 Å². The minimum Gasteiger partial charge on any atom is -0.481 e. The van der Waals surface area contributed by atoms with Gasteiger partial charge in [-0.3, -0.25) is 4.79 Å². The number of carboxylic acid groups (broad SMARTS) is 1. The van der Waals surface area contributed by atoms with Crippen LogP contribution in [-0.2, 0) is 9.53 Å². The number of rotatable bonds is 5. The number of carboxylic acids is 1. The lowest BCUT2D eigenvalue weighted by atomic mass is 10.0. The molecule has 7 heteroatoms. The van der Waals surface area contributed by atoms with E-state index in [1.165, 1.54) is 0 Å². The lowest BCUT2D eigenvalue weighted by Gasteiger charge is -2.17. The van der Waals surface area contributed by atoms with Gasteiger partial charge in [0.05, 0.1) is 25.2 Å². The summed E-state index contributed by atoms with van der Waals surface area (Å²) in [5.74, 6) is 0.565. The summed E-state index contributed by atoms with van der Waals surface area (Å²) in [6, 6.07) is -0.113. The van der Waals surface area contributed by atoms with Crippen molar-refractivity contribution in [1.29, 1.82) is 0 Å². The zero-order valence-corrected chi connectivity index (χ0v) is 10.9. The molecule has 1 saturated heterocycles. The van der Waals surface area contributed by atoms with Gasteiger partial charge in [0.1, 0.15) is 0 Å². The number of ether oxygens (including phenoxy) is 1. The first kappa shape index (κ1) is 12.5. The number of nitrogens with zero attached hydrogens (tertiary/aromatic N) is 4. The number of hydrogen-bond donors (Lipinski definition) is 1. The molecule has 1 saturated carbocycles. The maximum Gasteiger partial charge on any atom is 0.305 e. The molecule has 1 N–H and O–H groups in total. The van der Waals surface area contributed by atoms with Crippen molar-refractivity contribution in [1.82, 2.24) is 20.2 Å². The summed E-state index contributed by atoms with van der Waals surface area (Å²) in [7, 11) is 0. The maximum atomic E-state index is 11.0. The third-order valence-corrected chi connectivity index (χ3v) is 3.95. The van der Waals surface area contributed by atoms with Crippen molar-refractivity contribution >= 4 is 5.97 Å². The summed E-state index contributed by atoms with van der Waals surface area (Å²) < 4.78 is 7.29. The fraction of sp³-hybridized carbons (Fsp3) is 0.833. The molecule has 3 unspecified atom stereocenters. The second kappa shape index (κ2) is 4.88. The van der Waals surface area contributed by atoms with E-state index in [1.807, 2.05) is 6.92 Å². The number of carbonyl (C=O) groups is 1. The quantitative estimate of drug-likeness (QED) is 0.854. The number of tetrazole rings is 1. The zero-order valence-electron chi connectivity index (χ0n) is 10.9. The Hall–Kier alpha value is -1.50. The van der Waals surface area contributed by atoms with Crippen LogP contribution in [0.3, 0.4) is 0 Å². The van der Waals surface area contributed by atoms with Crippen molar-refractivity contribution < 1.29 is 14.6 Å². The van der Waals surface area contributed by atoms with E-state index in [-0.39, 0.29) is 24.5 Å². The molecule has 0 radical (unpaired) electrons. The van der Waals surface area contributed by atoms with Gasteiger partial charge in [-0.25, -0.2) is 4.68 Å². The van der Waals surface area contributed by atoms with E-state index in [0.29, 0.717) is 12.5 Å². The van der Waals surface area contributed by atoms with Gasteiger partial charge in [0.25, 0.3) is 0 Å². The normalized spacial score (nSPS) is 28.5. The van der Waals surface area contributed by atoms with E-state index in [4.69, 9.17) is 9.84 Å². The Morgan fingerprint density at radius 2 is 2.37 bits per heavy atom. The lowest BCUT2D eigenvalue weighted by Crippen LogP contribution is -2.21. The molecule has 19 heavy (non-hydrogen) atoms. The first-order valence-electron chi connectivity index (χ1n) is 6.76. The molecule has 1 aromatic heterocycles. The third kappa shape index (κ3) is 2.60. The van der Waals surface area contributed by atoms with Gasteiger partial charge in [-0.2, -0.15) is 0 Å². The second-order valence-corrected chi connectivity index (χ2v) is 5.56. The average molecular weight is 266 g/mol. The number of aliphatic carboxylic acids is 1. The third-order valence-electron chi connectivity index (χ3n) is 3.95. The molecule has 3 rings (SSSR count). The smallest absolute Gasteiger partial charge is 0.305 e. The van der Waals surface area contributed by atoms with E-state index in [1.54, 1.807) is 4.68 Å². The van der Waals surface area contributed by atoms with Crippen LogP contribution in [-0.4, -0.2) is 44.0 Å². The summed E-state index contributed by atoms with van der Waals surface area (Å²) in [5, 5.41) is 20.9. The van der Waals surface area contributed by atoms with Gasteiger partial charge >= 0.3 is 5.97 Å². The zero-order chi connectivity index (χ0) is 13.4. The summed E-state index contributed by atoms with van der Waals surface area (Å²) in [6.07, 6.45) is 3.33. The Kier molecular flexibility index (Phi) is 3.22. The Morgan fingerprint density at radius 1 is 1.58 bits per heavy atom. The Balaban J connectivity index is 1.83. The van der Waals surface area contributed by atoms with Gasteiger partial charge in [-0.15, -0.1) is 5.10 Å². The van der Waals surface area contributed by atoms with E-state index in [2.05, 4.69) is 15.5 Å². The molecule has 7 nitrogen and oxygen atoms in total. The summed E-state index contributed by atoms with van der Waals surface area (Å²) in [4.78, 5) is 11.0. The van der Waals surface area contributed by atoms with Crippen LogP contribution in [0.15, 0.2) is 0 Å². The van der Waals surface area contributed by atoms with Crippen LogP contribution in [0.5, 0.6) is 0 Å². The van der Waals surface area contributed by atoms with Crippen molar-refractivity contribution in [2.45, 2.75) is 50.7 Å². The highest BCUT2D eigenvalue weighted by Crippen LogP contribution is 2.42. The lowest BCUT2D eigenvalue weighted by molar-refractivity contribution is -0.138. The van der Waals surface area contributed by atoms with E-state index in [0.717, 1.165) is 25.1 Å². The summed E-state index contributed by atoms with van der Waals surface area (Å²) in [6.45, 7) is 2.65. The molecule has 2 heterocycles. The molecular formula is C12H18N4O3. The standard InChI is InChI=1S/C12H18N4O3/c1-7-4-9(6-19-7)12-13-14-15-16(12)10(5-11(17)18)8-2-3-8/h7-10H,2-6H2,1H3,(H,17,18). The van der Waals surface area contributed by atoms with Gasteiger partial charge in [-0.1, -0.05) is 0 Å².